The molecule has 1 aliphatic rings. The fourth-order valence-electron chi connectivity index (χ4n) is 2.02. The number of methoxy groups -OCH3 is 1. The van der Waals surface area contributed by atoms with Crippen LogP contribution < -0.4 is 4.74 Å². The number of nitrogens with one attached hydrogen (secondary N) is 1. The Bertz CT molecular complexity index is 679. The third-order valence-electron chi connectivity index (χ3n) is 3.19. The zero-order valence-electron chi connectivity index (χ0n) is 10.4. The Morgan fingerprint density at radius 1 is 1.37 bits per heavy atom. The van der Waals surface area contributed by atoms with Crippen LogP contribution in [0.4, 0.5) is 4.39 Å². The first-order chi connectivity index (χ1) is 9.17. The van der Waals surface area contributed by atoms with Crippen molar-refractivity contribution >= 4 is 12.2 Å². The van der Waals surface area contributed by atoms with Gasteiger partial charge in [-0.3, -0.25) is 0 Å². The number of benzene rings is 1. The third kappa shape index (κ3) is 2.51. The number of aromatic nitrogens is 2. The van der Waals surface area contributed by atoms with Gasteiger partial charge in [0, 0.05) is 17.2 Å². The van der Waals surface area contributed by atoms with E-state index in [4.69, 9.17) is 17.0 Å². The van der Waals surface area contributed by atoms with Crippen molar-refractivity contribution in [2.24, 2.45) is 0 Å². The number of nitrogens with zero attached hydrogens (tertiary/aromatic N) is 1. The van der Waals surface area contributed by atoms with Gasteiger partial charge in [-0.1, -0.05) is 12.2 Å². The van der Waals surface area contributed by atoms with Crippen LogP contribution in [0.5, 0.6) is 5.75 Å². The molecule has 0 radical (unpaired) electrons. The number of hydrogen-bond donors (Lipinski definition) is 1. The quantitative estimate of drug-likeness (QED) is 0.866. The highest BCUT2D eigenvalue weighted by Gasteiger charge is 2.26. The van der Waals surface area contributed by atoms with E-state index in [1.165, 1.54) is 13.2 Å². The molecule has 1 aromatic heterocycles. The van der Waals surface area contributed by atoms with Crippen molar-refractivity contribution in [2.45, 2.75) is 18.8 Å². The van der Waals surface area contributed by atoms with Gasteiger partial charge in [0.05, 0.1) is 7.11 Å². The third-order valence-corrected chi connectivity index (χ3v) is 3.40. The molecule has 19 heavy (non-hydrogen) atoms. The Balaban J connectivity index is 2.06. The van der Waals surface area contributed by atoms with Gasteiger partial charge in [-0.15, -0.1) is 0 Å². The predicted molar refractivity (Wildman–Crippen MR) is 73.3 cm³/mol. The SMILES string of the molecule is COc1ccc(-c2cc(=S)nc(C3CC3)[nH]2)cc1F. The van der Waals surface area contributed by atoms with Gasteiger partial charge >= 0.3 is 0 Å². The average Bonchev–Trinajstić information content (AvgIpc) is 3.22. The molecule has 0 aliphatic heterocycles. The van der Waals surface area contributed by atoms with Crippen LogP contribution in [0.2, 0.25) is 0 Å². The van der Waals surface area contributed by atoms with E-state index in [0.717, 1.165) is 29.9 Å². The molecule has 0 unspecified atom stereocenters. The monoisotopic (exact) mass is 276 g/mol. The standard InChI is InChI=1S/C14H13FN2OS/c1-18-12-5-4-9(6-10(12)15)11-7-13(19)17-14(16-11)8-2-3-8/h4-8H,2-3H2,1H3,(H,16,17,19). The Labute approximate surface area is 115 Å². The van der Waals surface area contributed by atoms with Crippen molar-refractivity contribution in [2.75, 3.05) is 7.11 Å². The fourth-order valence-corrected chi connectivity index (χ4v) is 2.23. The van der Waals surface area contributed by atoms with E-state index < -0.39 is 0 Å². The summed E-state index contributed by atoms with van der Waals surface area (Å²) in [6, 6.07) is 6.61. The lowest BCUT2D eigenvalue weighted by molar-refractivity contribution is 0.386. The zero-order valence-corrected chi connectivity index (χ0v) is 11.3. The summed E-state index contributed by atoms with van der Waals surface area (Å²) in [6.07, 6.45) is 2.28. The summed E-state index contributed by atoms with van der Waals surface area (Å²) in [5.41, 5.74) is 1.54. The summed E-state index contributed by atoms with van der Waals surface area (Å²) < 4.78 is 19.2. The Morgan fingerprint density at radius 3 is 2.79 bits per heavy atom. The Hall–Kier alpha value is -1.75. The number of hydrogen-bond acceptors (Lipinski definition) is 3. The second-order valence-electron chi connectivity index (χ2n) is 4.64. The zero-order chi connectivity index (χ0) is 13.4. The summed E-state index contributed by atoms with van der Waals surface area (Å²) >= 11 is 5.17. The van der Waals surface area contributed by atoms with E-state index in [1.807, 2.05) is 0 Å². The molecular weight excluding hydrogens is 263 g/mol. The molecule has 5 heteroatoms. The van der Waals surface area contributed by atoms with Gasteiger partial charge in [-0.25, -0.2) is 9.37 Å². The van der Waals surface area contributed by atoms with Gasteiger partial charge in [-0.2, -0.15) is 0 Å². The summed E-state index contributed by atoms with van der Waals surface area (Å²) in [6.45, 7) is 0. The van der Waals surface area contributed by atoms with E-state index in [9.17, 15) is 4.39 Å². The van der Waals surface area contributed by atoms with Gasteiger partial charge in [0.1, 0.15) is 10.5 Å². The van der Waals surface area contributed by atoms with Crippen molar-refractivity contribution in [1.82, 2.24) is 9.97 Å². The van der Waals surface area contributed by atoms with Crippen molar-refractivity contribution in [3.63, 3.8) is 0 Å². The van der Waals surface area contributed by atoms with E-state index in [1.54, 1.807) is 18.2 Å². The maximum atomic E-state index is 13.7. The van der Waals surface area contributed by atoms with Crippen LogP contribution in [0.25, 0.3) is 11.3 Å². The molecule has 1 aromatic carbocycles. The second kappa shape index (κ2) is 4.74. The van der Waals surface area contributed by atoms with Crippen LogP contribution in [0, 0.1) is 10.5 Å². The highest BCUT2D eigenvalue weighted by molar-refractivity contribution is 7.71. The minimum Gasteiger partial charge on any atom is -0.494 e. The largest absolute Gasteiger partial charge is 0.494 e. The Kier molecular flexibility index (Phi) is 3.06. The lowest BCUT2D eigenvalue weighted by Crippen LogP contribution is -1.96. The molecular formula is C14H13FN2OS. The minimum absolute atomic E-state index is 0.235. The molecule has 0 bridgehead atoms. The molecule has 0 amide bonds. The maximum absolute atomic E-state index is 13.7. The van der Waals surface area contributed by atoms with Gasteiger partial charge < -0.3 is 9.72 Å². The molecule has 1 aliphatic carbocycles. The maximum Gasteiger partial charge on any atom is 0.165 e. The molecule has 2 aromatic rings. The highest BCUT2D eigenvalue weighted by Crippen LogP contribution is 2.38. The number of ether oxygens (including phenoxy) is 1. The molecule has 1 heterocycles. The summed E-state index contributed by atoms with van der Waals surface area (Å²) in [5, 5.41) is 0. The minimum atomic E-state index is -0.385. The first-order valence-corrected chi connectivity index (χ1v) is 6.53. The molecule has 98 valence electrons. The summed E-state index contributed by atoms with van der Waals surface area (Å²) in [7, 11) is 1.45. The van der Waals surface area contributed by atoms with E-state index >= 15 is 0 Å². The van der Waals surface area contributed by atoms with Crippen LogP contribution in [-0.2, 0) is 0 Å². The normalized spacial score (nSPS) is 14.4. The number of halogens is 1. The van der Waals surface area contributed by atoms with Crippen LogP contribution in [0.1, 0.15) is 24.6 Å². The van der Waals surface area contributed by atoms with Crippen molar-refractivity contribution in [3.8, 4) is 17.0 Å². The summed E-state index contributed by atoms with van der Waals surface area (Å²) in [5.74, 6) is 1.23. The fraction of sp³-hybridized carbons (Fsp3) is 0.286. The van der Waals surface area contributed by atoms with Gasteiger partial charge in [0.15, 0.2) is 11.6 Å². The molecule has 1 N–H and O–H groups in total. The lowest BCUT2D eigenvalue weighted by atomic mass is 10.1. The first-order valence-electron chi connectivity index (χ1n) is 6.12. The molecule has 0 spiro atoms. The summed E-state index contributed by atoms with van der Waals surface area (Å²) in [4.78, 5) is 7.56. The average molecular weight is 276 g/mol. The van der Waals surface area contributed by atoms with Crippen LogP contribution in [0.3, 0.4) is 0 Å². The van der Waals surface area contributed by atoms with Crippen molar-refractivity contribution in [1.29, 1.82) is 0 Å². The smallest absolute Gasteiger partial charge is 0.165 e. The predicted octanol–water partition coefficient (Wildman–Crippen LogP) is 3.83. The van der Waals surface area contributed by atoms with Crippen LogP contribution in [0.15, 0.2) is 24.3 Å². The molecule has 3 rings (SSSR count). The Morgan fingerprint density at radius 2 is 2.16 bits per heavy atom. The van der Waals surface area contributed by atoms with E-state index in [2.05, 4.69) is 9.97 Å². The van der Waals surface area contributed by atoms with Gasteiger partial charge in [0.2, 0.25) is 0 Å². The van der Waals surface area contributed by atoms with Crippen LogP contribution >= 0.6 is 12.2 Å². The molecule has 1 fully saturated rings. The van der Waals surface area contributed by atoms with E-state index in [-0.39, 0.29) is 11.6 Å². The first kappa shape index (κ1) is 12.3. The molecule has 0 atom stereocenters. The van der Waals surface area contributed by atoms with Crippen molar-refractivity contribution in [3.05, 3.63) is 40.5 Å². The van der Waals surface area contributed by atoms with Gasteiger partial charge in [0.25, 0.3) is 0 Å². The molecule has 1 saturated carbocycles. The number of aromatic amines is 1. The number of rotatable bonds is 3. The highest BCUT2D eigenvalue weighted by atomic mass is 32.1. The second-order valence-corrected chi connectivity index (χ2v) is 5.06. The van der Waals surface area contributed by atoms with Crippen LogP contribution in [-0.4, -0.2) is 17.1 Å². The molecule has 3 nitrogen and oxygen atoms in total. The topological polar surface area (TPSA) is 37.9 Å². The molecule has 0 saturated heterocycles. The van der Waals surface area contributed by atoms with Crippen molar-refractivity contribution < 1.29 is 9.13 Å². The number of H-pyrrole nitrogens is 1. The van der Waals surface area contributed by atoms with E-state index in [0.29, 0.717) is 10.6 Å². The lowest BCUT2D eigenvalue weighted by Gasteiger charge is -2.07. The van der Waals surface area contributed by atoms with Gasteiger partial charge in [-0.05, 0) is 37.1 Å².